The van der Waals surface area contributed by atoms with Gasteiger partial charge in [-0.1, -0.05) is 12.2 Å². The van der Waals surface area contributed by atoms with Crippen LogP contribution >= 0.6 is 36.6 Å². The van der Waals surface area contributed by atoms with Crippen molar-refractivity contribution in [3.8, 4) is 0 Å². The van der Waals surface area contributed by atoms with Crippen molar-refractivity contribution in [2.75, 3.05) is 12.0 Å². The van der Waals surface area contributed by atoms with Crippen LogP contribution in [-0.4, -0.2) is 33.4 Å². The van der Waals surface area contributed by atoms with Crippen LogP contribution in [0.1, 0.15) is 6.42 Å². The molecule has 1 unspecified atom stereocenters. The fourth-order valence-corrected chi connectivity index (χ4v) is 1.41. The summed E-state index contributed by atoms with van der Waals surface area (Å²) in [7, 11) is 0. The highest BCUT2D eigenvalue weighted by molar-refractivity contribution is 8.11. The Morgan fingerprint density at radius 1 is 1.83 bits per heavy atom. The lowest BCUT2D eigenvalue weighted by Crippen LogP contribution is -2.38. The number of rotatable bonds is 5. The summed E-state index contributed by atoms with van der Waals surface area (Å²) in [5.74, 6) is -0.0965. The van der Waals surface area contributed by atoms with Crippen molar-refractivity contribution >= 4 is 46.9 Å². The number of carbonyl (C=O) groups is 1. The van der Waals surface area contributed by atoms with Gasteiger partial charge in [-0.25, -0.2) is 4.79 Å². The Balaban J connectivity index is 3.87. The van der Waals surface area contributed by atoms with Gasteiger partial charge in [0, 0.05) is 0 Å². The van der Waals surface area contributed by atoms with Gasteiger partial charge < -0.3 is 10.4 Å². The van der Waals surface area contributed by atoms with Crippen LogP contribution in [0.3, 0.4) is 0 Å². The molecule has 0 aromatic heterocycles. The third-order valence-corrected chi connectivity index (χ3v) is 2.10. The van der Waals surface area contributed by atoms with Crippen molar-refractivity contribution in [3.05, 3.63) is 0 Å². The average molecular weight is 225 g/mol. The van der Waals surface area contributed by atoms with Gasteiger partial charge in [-0.15, -0.1) is 12.6 Å². The standard InChI is InChI=1S/C6H11NO2S3/c1-12-3-2-4(5(8)9)7-6(10)11/h4H,2-3H2,1H3,(H,8,9)(H2,7,10,11). The fraction of sp³-hybridized carbons (Fsp3) is 0.667. The molecule has 0 bridgehead atoms. The second-order valence-electron chi connectivity index (χ2n) is 2.12. The molecule has 0 fully saturated rings. The molecule has 0 rings (SSSR count). The highest BCUT2D eigenvalue weighted by Crippen LogP contribution is 2.01. The van der Waals surface area contributed by atoms with Gasteiger partial charge in [0.05, 0.1) is 0 Å². The molecule has 0 saturated heterocycles. The van der Waals surface area contributed by atoms with E-state index in [2.05, 4.69) is 30.2 Å². The first kappa shape index (κ1) is 12.1. The zero-order chi connectivity index (χ0) is 9.56. The minimum atomic E-state index is -0.888. The Labute approximate surface area is 86.7 Å². The number of thioether (sulfide) groups is 1. The summed E-state index contributed by atoms with van der Waals surface area (Å²) in [5, 5.41) is 11.3. The first-order valence-electron chi connectivity index (χ1n) is 3.29. The summed E-state index contributed by atoms with van der Waals surface area (Å²) in [6.07, 6.45) is 2.48. The van der Waals surface area contributed by atoms with Gasteiger partial charge in [-0.05, 0) is 18.4 Å². The van der Waals surface area contributed by atoms with Crippen molar-refractivity contribution in [2.45, 2.75) is 12.5 Å². The second kappa shape index (κ2) is 6.56. The average Bonchev–Trinajstić information content (AvgIpc) is 1.96. The molecule has 3 nitrogen and oxygen atoms in total. The first-order chi connectivity index (χ1) is 5.57. The Kier molecular flexibility index (Phi) is 6.60. The zero-order valence-corrected chi connectivity index (χ0v) is 9.14. The molecule has 0 aliphatic rings. The molecule has 6 heteroatoms. The summed E-state index contributed by atoms with van der Waals surface area (Å²) in [4.78, 5) is 10.6. The molecule has 0 aliphatic heterocycles. The maximum absolute atomic E-state index is 10.6. The minimum absolute atomic E-state index is 0.225. The minimum Gasteiger partial charge on any atom is -0.480 e. The molecule has 0 aromatic rings. The van der Waals surface area contributed by atoms with Gasteiger partial charge in [0.1, 0.15) is 10.4 Å². The van der Waals surface area contributed by atoms with Crippen LogP contribution in [0.15, 0.2) is 0 Å². The molecule has 0 heterocycles. The van der Waals surface area contributed by atoms with Gasteiger partial charge in [0.25, 0.3) is 0 Å². The Morgan fingerprint density at radius 2 is 2.42 bits per heavy atom. The van der Waals surface area contributed by atoms with Gasteiger partial charge in [0.15, 0.2) is 0 Å². The molecule has 0 radical (unpaired) electrons. The number of nitrogens with one attached hydrogen (secondary N) is 1. The van der Waals surface area contributed by atoms with E-state index in [1.165, 1.54) is 0 Å². The Morgan fingerprint density at radius 3 is 2.75 bits per heavy atom. The molecule has 0 saturated carbocycles. The zero-order valence-electron chi connectivity index (χ0n) is 6.61. The van der Waals surface area contributed by atoms with Crippen molar-refractivity contribution in [3.63, 3.8) is 0 Å². The molecule has 12 heavy (non-hydrogen) atoms. The van der Waals surface area contributed by atoms with E-state index < -0.39 is 12.0 Å². The van der Waals surface area contributed by atoms with Crippen molar-refractivity contribution < 1.29 is 9.90 Å². The molecule has 0 aliphatic carbocycles. The number of carboxylic acids is 1. The van der Waals surface area contributed by atoms with E-state index in [1.54, 1.807) is 11.8 Å². The van der Waals surface area contributed by atoms with Crippen LogP contribution in [0, 0.1) is 0 Å². The van der Waals surface area contributed by atoms with Gasteiger partial charge >= 0.3 is 5.97 Å². The second-order valence-corrected chi connectivity index (χ2v) is 4.27. The number of aliphatic carboxylic acids is 1. The van der Waals surface area contributed by atoms with E-state index in [4.69, 9.17) is 5.11 Å². The van der Waals surface area contributed by atoms with E-state index in [1.807, 2.05) is 6.26 Å². The van der Waals surface area contributed by atoms with Gasteiger partial charge in [-0.3, -0.25) is 0 Å². The van der Waals surface area contributed by atoms with E-state index in [0.717, 1.165) is 5.75 Å². The number of hydrogen-bond acceptors (Lipinski definition) is 3. The van der Waals surface area contributed by atoms with Crippen molar-refractivity contribution in [2.24, 2.45) is 0 Å². The molecule has 0 aromatic carbocycles. The molecule has 0 amide bonds. The summed E-state index contributed by atoms with van der Waals surface area (Å²) in [5.41, 5.74) is 0. The fourth-order valence-electron chi connectivity index (χ4n) is 0.642. The lowest BCUT2D eigenvalue weighted by Gasteiger charge is -2.12. The third-order valence-electron chi connectivity index (χ3n) is 1.21. The molecular formula is C6H11NO2S3. The maximum Gasteiger partial charge on any atom is 0.326 e. The Hall–Kier alpha value is 0.0600. The first-order valence-corrected chi connectivity index (χ1v) is 5.54. The van der Waals surface area contributed by atoms with Gasteiger partial charge in [0.2, 0.25) is 0 Å². The summed E-state index contributed by atoms with van der Waals surface area (Å²) >= 11 is 10.0. The third kappa shape index (κ3) is 5.68. The summed E-state index contributed by atoms with van der Waals surface area (Å²) in [6.45, 7) is 0. The SMILES string of the molecule is CSCCC(NC(=S)S)C(=O)O. The topological polar surface area (TPSA) is 49.3 Å². The van der Waals surface area contributed by atoms with E-state index >= 15 is 0 Å². The summed E-state index contributed by atoms with van der Waals surface area (Å²) < 4.78 is 0.225. The van der Waals surface area contributed by atoms with Crippen LogP contribution in [0.2, 0.25) is 0 Å². The Bertz CT molecular complexity index is 174. The molecule has 1 atom stereocenters. The predicted octanol–water partition coefficient (Wildman–Crippen LogP) is 0.997. The van der Waals surface area contributed by atoms with Crippen LogP contribution in [0.4, 0.5) is 0 Å². The quantitative estimate of drug-likeness (QED) is 0.481. The number of carboxylic acid groups (broad SMARTS) is 1. The molecular weight excluding hydrogens is 214 g/mol. The number of thiol groups is 1. The highest BCUT2D eigenvalue weighted by atomic mass is 32.2. The van der Waals surface area contributed by atoms with Crippen molar-refractivity contribution in [1.29, 1.82) is 0 Å². The maximum atomic E-state index is 10.6. The van der Waals surface area contributed by atoms with Crippen LogP contribution in [0.5, 0.6) is 0 Å². The van der Waals surface area contributed by atoms with E-state index in [9.17, 15) is 4.79 Å². The highest BCUT2D eigenvalue weighted by Gasteiger charge is 2.15. The summed E-state index contributed by atoms with van der Waals surface area (Å²) in [6, 6.07) is -0.609. The lowest BCUT2D eigenvalue weighted by molar-refractivity contribution is -0.139. The van der Waals surface area contributed by atoms with Crippen LogP contribution in [0.25, 0.3) is 0 Å². The number of hydrogen-bond donors (Lipinski definition) is 3. The number of thiocarbonyl (C=S) groups is 1. The molecule has 0 spiro atoms. The lowest BCUT2D eigenvalue weighted by atomic mass is 10.2. The molecule has 2 N–H and O–H groups in total. The van der Waals surface area contributed by atoms with E-state index in [-0.39, 0.29) is 4.32 Å². The van der Waals surface area contributed by atoms with Crippen molar-refractivity contribution in [1.82, 2.24) is 5.32 Å². The smallest absolute Gasteiger partial charge is 0.326 e. The predicted molar refractivity (Wildman–Crippen MR) is 59.1 cm³/mol. The van der Waals surface area contributed by atoms with Crippen LogP contribution < -0.4 is 5.32 Å². The monoisotopic (exact) mass is 225 g/mol. The van der Waals surface area contributed by atoms with Gasteiger partial charge in [-0.2, -0.15) is 11.8 Å². The van der Waals surface area contributed by atoms with E-state index in [0.29, 0.717) is 6.42 Å². The van der Waals surface area contributed by atoms with Crippen LogP contribution in [-0.2, 0) is 4.79 Å². The normalized spacial score (nSPS) is 12.2. The largest absolute Gasteiger partial charge is 0.480 e. The molecule has 70 valence electrons.